The van der Waals surface area contributed by atoms with Crippen LogP contribution in [0, 0.1) is 5.92 Å². The van der Waals surface area contributed by atoms with E-state index in [0.717, 1.165) is 49.1 Å². The summed E-state index contributed by atoms with van der Waals surface area (Å²) in [6.07, 6.45) is 2.51. The van der Waals surface area contributed by atoms with E-state index in [0.29, 0.717) is 12.6 Å². The van der Waals surface area contributed by atoms with E-state index in [4.69, 9.17) is 4.42 Å². The van der Waals surface area contributed by atoms with Gasteiger partial charge in [-0.05, 0) is 33.0 Å². The number of likely N-dealkylation sites (tertiary alicyclic amines) is 1. The van der Waals surface area contributed by atoms with Gasteiger partial charge in [-0.25, -0.2) is 0 Å². The van der Waals surface area contributed by atoms with Gasteiger partial charge >= 0.3 is 5.97 Å². The lowest BCUT2D eigenvalue weighted by molar-refractivity contribution is -0.142. The number of carbonyl (C=O) groups is 1. The molecule has 0 bridgehead atoms. The van der Waals surface area contributed by atoms with E-state index in [2.05, 4.69) is 36.9 Å². The predicted octanol–water partition coefficient (Wildman–Crippen LogP) is 3.22. The van der Waals surface area contributed by atoms with Gasteiger partial charge in [0.1, 0.15) is 11.3 Å². The zero-order valence-corrected chi connectivity index (χ0v) is 15.4. The van der Waals surface area contributed by atoms with Crippen LogP contribution in [0.25, 0.3) is 11.0 Å². The summed E-state index contributed by atoms with van der Waals surface area (Å²) in [5.41, 5.74) is 2.13. The molecule has 0 aliphatic carbocycles. The number of nitrogens with zero attached hydrogens (tertiary/aromatic N) is 2. The minimum atomic E-state index is -0.683. The van der Waals surface area contributed by atoms with Crippen LogP contribution in [-0.2, 0) is 17.8 Å². The van der Waals surface area contributed by atoms with E-state index < -0.39 is 5.97 Å². The van der Waals surface area contributed by atoms with Crippen molar-refractivity contribution >= 4 is 16.9 Å². The molecule has 1 aliphatic heterocycles. The van der Waals surface area contributed by atoms with E-state index >= 15 is 0 Å². The fourth-order valence-corrected chi connectivity index (χ4v) is 3.84. The van der Waals surface area contributed by atoms with Crippen molar-refractivity contribution in [3.05, 3.63) is 35.6 Å². The molecule has 1 aromatic heterocycles. The summed E-state index contributed by atoms with van der Waals surface area (Å²) < 4.78 is 6.02. The molecule has 1 aliphatic rings. The number of hydrogen-bond donors (Lipinski definition) is 1. The summed E-state index contributed by atoms with van der Waals surface area (Å²) in [4.78, 5) is 16.1. The molecule has 3 rings (SSSR count). The van der Waals surface area contributed by atoms with Crippen LogP contribution in [-0.4, -0.2) is 54.1 Å². The van der Waals surface area contributed by atoms with Crippen LogP contribution in [0.15, 0.2) is 28.7 Å². The summed E-state index contributed by atoms with van der Waals surface area (Å²) >= 11 is 0. The Kier molecular flexibility index (Phi) is 5.45. The zero-order valence-electron chi connectivity index (χ0n) is 15.4. The average Bonchev–Trinajstić information content (AvgIpc) is 2.78. The molecule has 1 saturated heterocycles. The Hall–Kier alpha value is -1.85. The number of hydrogen-bond acceptors (Lipinski definition) is 4. The Morgan fingerprint density at radius 2 is 2.04 bits per heavy atom. The molecule has 1 N–H and O–H groups in total. The van der Waals surface area contributed by atoms with Crippen molar-refractivity contribution in [2.75, 3.05) is 27.2 Å². The molecule has 0 spiro atoms. The Bertz CT molecular complexity index is 738. The Balaban J connectivity index is 1.90. The first-order valence-corrected chi connectivity index (χ1v) is 9.10. The second-order valence-corrected chi connectivity index (χ2v) is 7.28. The van der Waals surface area contributed by atoms with Gasteiger partial charge in [0.2, 0.25) is 0 Å². The van der Waals surface area contributed by atoms with Crippen molar-refractivity contribution in [3.8, 4) is 0 Å². The fraction of sp³-hybridized carbons (Fsp3) is 0.550. The van der Waals surface area contributed by atoms with E-state index in [1.54, 1.807) is 0 Å². The summed E-state index contributed by atoms with van der Waals surface area (Å²) in [5, 5.41) is 10.7. The van der Waals surface area contributed by atoms with Crippen molar-refractivity contribution in [1.29, 1.82) is 0 Å². The highest BCUT2D eigenvalue weighted by Gasteiger charge is 2.30. The topological polar surface area (TPSA) is 56.9 Å². The lowest BCUT2D eigenvalue weighted by Gasteiger charge is -2.28. The van der Waals surface area contributed by atoms with Gasteiger partial charge in [0.15, 0.2) is 0 Å². The largest absolute Gasteiger partial charge is 0.481 e. The number of aliphatic carboxylic acids is 1. The molecule has 0 amide bonds. The maximum Gasteiger partial charge on any atom is 0.307 e. The summed E-state index contributed by atoms with van der Waals surface area (Å²) in [5.74, 6) is 0.0316. The van der Waals surface area contributed by atoms with Crippen LogP contribution >= 0.6 is 0 Å². The van der Waals surface area contributed by atoms with Gasteiger partial charge in [-0.15, -0.1) is 0 Å². The quantitative estimate of drug-likeness (QED) is 0.902. The van der Waals surface area contributed by atoms with Crippen molar-refractivity contribution < 1.29 is 14.3 Å². The molecule has 2 atom stereocenters. The zero-order chi connectivity index (χ0) is 18.0. The molecular weight excluding hydrogens is 316 g/mol. The lowest BCUT2D eigenvalue weighted by Crippen LogP contribution is -2.39. The van der Waals surface area contributed by atoms with E-state index in [1.165, 1.54) is 5.56 Å². The van der Waals surface area contributed by atoms with Gasteiger partial charge in [-0.3, -0.25) is 9.69 Å². The number of likely N-dealkylation sites (N-methyl/N-ethyl adjacent to an activating group) is 1. The van der Waals surface area contributed by atoms with E-state index in [9.17, 15) is 9.90 Å². The van der Waals surface area contributed by atoms with Crippen LogP contribution in [0.3, 0.4) is 0 Å². The summed E-state index contributed by atoms with van der Waals surface area (Å²) in [6, 6.07) is 8.51. The van der Waals surface area contributed by atoms with Gasteiger partial charge in [0.05, 0.1) is 5.92 Å². The average molecular weight is 344 g/mol. The van der Waals surface area contributed by atoms with Gasteiger partial charge in [-0.2, -0.15) is 0 Å². The smallest absolute Gasteiger partial charge is 0.307 e. The van der Waals surface area contributed by atoms with Crippen LogP contribution in [0.2, 0.25) is 0 Å². The van der Waals surface area contributed by atoms with Gasteiger partial charge < -0.3 is 14.4 Å². The standard InChI is InChI=1S/C20H28N2O3/c1-4-18-17(16-7-5-6-8-19(16)25-18)13-22-11-14(20(23)24)9-10-15(12-22)21(2)3/h5-8,14-15H,4,9-13H2,1-3H3,(H,23,24)/t14-,15+/m0/s1. The van der Waals surface area contributed by atoms with Crippen molar-refractivity contribution in [2.24, 2.45) is 5.92 Å². The van der Waals surface area contributed by atoms with Gasteiger partial charge in [-0.1, -0.05) is 25.1 Å². The van der Waals surface area contributed by atoms with E-state index in [1.807, 2.05) is 18.2 Å². The van der Waals surface area contributed by atoms with Gasteiger partial charge in [0, 0.05) is 43.0 Å². The third-order valence-corrected chi connectivity index (χ3v) is 5.36. The Labute approximate surface area is 149 Å². The maximum atomic E-state index is 11.6. The lowest BCUT2D eigenvalue weighted by atomic mass is 10.0. The number of aryl methyl sites for hydroxylation is 1. The molecule has 5 nitrogen and oxygen atoms in total. The number of furan rings is 1. The second kappa shape index (κ2) is 7.58. The number of benzene rings is 1. The summed E-state index contributed by atoms with van der Waals surface area (Å²) in [6.45, 7) is 4.34. The second-order valence-electron chi connectivity index (χ2n) is 7.28. The van der Waals surface area contributed by atoms with Gasteiger partial charge in [0.25, 0.3) is 0 Å². The molecule has 25 heavy (non-hydrogen) atoms. The number of rotatable bonds is 5. The first kappa shape index (κ1) is 18.0. The molecular formula is C20H28N2O3. The van der Waals surface area contributed by atoms with Crippen molar-refractivity contribution in [2.45, 2.75) is 38.8 Å². The monoisotopic (exact) mass is 344 g/mol. The van der Waals surface area contributed by atoms with E-state index in [-0.39, 0.29) is 5.92 Å². The molecule has 5 heteroatoms. The fourth-order valence-electron chi connectivity index (χ4n) is 3.84. The first-order chi connectivity index (χ1) is 12.0. The number of carboxylic acids is 1. The maximum absolute atomic E-state index is 11.6. The molecule has 1 aromatic carbocycles. The molecule has 0 saturated carbocycles. The van der Waals surface area contributed by atoms with Crippen LogP contribution in [0.4, 0.5) is 0 Å². The molecule has 0 radical (unpaired) electrons. The number of para-hydroxylation sites is 1. The molecule has 136 valence electrons. The first-order valence-electron chi connectivity index (χ1n) is 9.10. The third-order valence-electron chi connectivity index (χ3n) is 5.36. The van der Waals surface area contributed by atoms with Crippen LogP contribution < -0.4 is 0 Å². The minimum Gasteiger partial charge on any atom is -0.481 e. The number of carboxylic acid groups (broad SMARTS) is 1. The Morgan fingerprint density at radius 1 is 1.28 bits per heavy atom. The van der Waals surface area contributed by atoms with Crippen molar-refractivity contribution in [1.82, 2.24) is 9.80 Å². The summed E-state index contributed by atoms with van der Waals surface area (Å²) in [7, 11) is 4.16. The highest BCUT2D eigenvalue weighted by molar-refractivity contribution is 5.82. The molecule has 0 unspecified atom stereocenters. The predicted molar refractivity (Wildman–Crippen MR) is 98.7 cm³/mol. The third kappa shape index (κ3) is 3.88. The van der Waals surface area contributed by atoms with Crippen LogP contribution in [0.1, 0.15) is 31.1 Å². The molecule has 2 heterocycles. The number of fused-ring (bicyclic) bond motifs is 1. The highest BCUT2D eigenvalue weighted by Crippen LogP contribution is 2.29. The highest BCUT2D eigenvalue weighted by atomic mass is 16.4. The minimum absolute atomic E-state index is 0.298. The normalized spacial score (nSPS) is 22.4. The SMILES string of the molecule is CCc1oc2ccccc2c1CN1C[C@@H](C(=O)O)CC[C@@H](N(C)C)C1. The molecule has 1 fully saturated rings. The Morgan fingerprint density at radius 3 is 2.72 bits per heavy atom. The molecule has 2 aromatic rings. The van der Waals surface area contributed by atoms with Crippen LogP contribution in [0.5, 0.6) is 0 Å². The van der Waals surface area contributed by atoms with Crippen molar-refractivity contribution in [3.63, 3.8) is 0 Å².